The van der Waals surface area contributed by atoms with Gasteiger partial charge in [-0.25, -0.2) is 0 Å². The molecular weight excluding hydrogens is 154 g/mol. The lowest BCUT2D eigenvalue weighted by Crippen LogP contribution is -2.56. The normalized spacial score (nSPS) is 31.8. The van der Waals surface area contributed by atoms with Crippen molar-refractivity contribution in [3.63, 3.8) is 0 Å². The zero-order chi connectivity index (χ0) is 9.14. The van der Waals surface area contributed by atoms with Gasteiger partial charge in [0.2, 0.25) is 5.91 Å². The molecule has 0 bridgehead atoms. The summed E-state index contributed by atoms with van der Waals surface area (Å²) in [7, 11) is 2.03. The van der Waals surface area contributed by atoms with Gasteiger partial charge in [0.1, 0.15) is 0 Å². The van der Waals surface area contributed by atoms with Gasteiger partial charge in [0, 0.05) is 31.6 Å². The van der Waals surface area contributed by atoms with E-state index in [1.807, 2.05) is 7.05 Å². The Morgan fingerprint density at radius 1 is 1.75 bits per heavy atom. The van der Waals surface area contributed by atoms with Crippen molar-refractivity contribution in [2.24, 2.45) is 5.73 Å². The molecule has 4 heteroatoms. The minimum atomic E-state index is -0.220. The molecule has 0 spiro atoms. The molecule has 1 rings (SSSR count). The average molecular weight is 171 g/mol. The Hall–Kier alpha value is -0.610. The molecule has 1 saturated heterocycles. The number of carbonyl (C=O) groups is 1. The molecule has 0 aliphatic carbocycles. The first kappa shape index (κ1) is 9.48. The molecular formula is C8H17N3O. The predicted octanol–water partition coefficient (Wildman–Crippen LogP) is -0.846. The minimum absolute atomic E-state index is 0.220. The first-order valence-electron chi connectivity index (χ1n) is 4.33. The standard InChI is InChI=1S/C8H17N3O/c1-6-7(5-8(9)12)11(2)4-3-10-6/h6-7,10H,3-5H2,1-2H3,(H2,9,12). The van der Waals surface area contributed by atoms with Crippen LogP contribution in [0.3, 0.4) is 0 Å². The van der Waals surface area contributed by atoms with Crippen LogP contribution in [0.15, 0.2) is 0 Å². The van der Waals surface area contributed by atoms with Gasteiger partial charge < -0.3 is 16.0 Å². The van der Waals surface area contributed by atoms with Crippen LogP contribution >= 0.6 is 0 Å². The van der Waals surface area contributed by atoms with Crippen LogP contribution in [0.2, 0.25) is 0 Å². The Morgan fingerprint density at radius 2 is 2.42 bits per heavy atom. The van der Waals surface area contributed by atoms with Crippen molar-refractivity contribution in [1.82, 2.24) is 10.2 Å². The maximum Gasteiger partial charge on any atom is 0.219 e. The lowest BCUT2D eigenvalue weighted by atomic mass is 10.0. The first-order chi connectivity index (χ1) is 5.61. The van der Waals surface area contributed by atoms with Crippen molar-refractivity contribution in [3.05, 3.63) is 0 Å². The van der Waals surface area contributed by atoms with Crippen molar-refractivity contribution in [1.29, 1.82) is 0 Å². The van der Waals surface area contributed by atoms with Crippen molar-refractivity contribution >= 4 is 5.91 Å². The quantitative estimate of drug-likeness (QED) is 0.569. The molecule has 0 aromatic carbocycles. The number of nitrogens with two attached hydrogens (primary N) is 1. The van der Waals surface area contributed by atoms with Gasteiger partial charge in [-0.3, -0.25) is 4.79 Å². The van der Waals surface area contributed by atoms with E-state index in [-0.39, 0.29) is 11.9 Å². The highest BCUT2D eigenvalue weighted by molar-refractivity contribution is 5.74. The van der Waals surface area contributed by atoms with Gasteiger partial charge in [0.25, 0.3) is 0 Å². The topological polar surface area (TPSA) is 58.4 Å². The summed E-state index contributed by atoms with van der Waals surface area (Å²) in [5, 5.41) is 3.32. The van der Waals surface area contributed by atoms with Crippen LogP contribution in [0.5, 0.6) is 0 Å². The second-order valence-corrected chi connectivity index (χ2v) is 3.46. The van der Waals surface area contributed by atoms with Gasteiger partial charge in [0.15, 0.2) is 0 Å². The van der Waals surface area contributed by atoms with Gasteiger partial charge in [0.05, 0.1) is 0 Å². The highest BCUT2D eigenvalue weighted by Crippen LogP contribution is 2.10. The van der Waals surface area contributed by atoms with Gasteiger partial charge in [-0.2, -0.15) is 0 Å². The van der Waals surface area contributed by atoms with Crippen LogP contribution < -0.4 is 11.1 Å². The molecule has 0 saturated carbocycles. The summed E-state index contributed by atoms with van der Waals surface area (Å²) in [5.74, 6) is -0.220. The van der Waals surface area contributed by atoms with Crippen LogP contribution in [0.1, 0.15) is 13.3 Å². The summed E-state index contributed by atoms with van der Waals surface area (Å²) in [6, 6.07) is 0.618. The van der Waals surface area contributed by atoms with Crippen LogP contribution in [-0.4, -0.2) is 43.0 Å². The Kier molecular flexibility index (Phi) is 3.05. The number of primary amides is 1. The number of rotatable bonds is 2. The highest BCUT2D eigenvalue weighted by atomic mass is 16.1. The zero-order valence-corrected chi connectivity index (χ0v) is 7.71. The predicted molar refractivity (Wildman–Crippen MR) is 47.7 cm³/mol. The third-order valence-electron chi connectivity index (χ3n) is 2.48. The van der Waals surface area contributed by atoms with Gasteiger partial charge in [-0.1, -0.05) is 0 Å². The van der Waals surface area contributed by atoms with Crippen LogP contribution in [0.4, 0.5) is 0 Å². The first-order valence-corrected chi connectivity index (χ1v) is 4.33. The Labute approximate surface area is 73.1 Å². The largest absolute Gasteiger partial charge is 0.370 e. The average Bonchev–Trinajstić information content (AvgIpc) is 1.97. The summed E-state index contributed by atoms with van der Waals surface area (Å²) >= 11 is 0. The Bertz CT molecular complexity index is 162. The number of likely N-dealkylation sites (N-methyl/N-ethyl adjacent to an activating group) is 1. The van der Waals surface area contributed by atoms with E-state index in [4.69, 9.17) is 5.73 Å². The SMILES string of the molecule is CC1NCCN(C)C1CC(N)=O. The number of amides is 1. The molecule has 1 aliphatic heterocycles. The molecule has 1 heterocycles. The fourth-order valence-electron chi connectivity index (χ4n) is 1.69. The van der Waals surface area contributed by atoms with Crippen LogP contribution in [0, 0.1) is 0 Å². The fraction of sp³-hybridized carbons (Fsp3) is 0.875. The van der Waals surface area contributed by atoms with E-state index < -0.39 is 0 Å². The Morgan fingerprint density at radius 3 is 2.92 bits per heavy atom. The summed E-state index contributed by atoms with van der Waals surface area (Å²) in [5.41, 5.74) is 5.15. The van der Waals surface area contributed by atoms with E-state index >= 15 is 0 Å². The molecule has 2 unspecified atom stereocenters. The number of piperazine rings is 1. The lowest BCUT2D eigenvalue weighted by molar-refractivity contribution is -0.119. The number of nitrogens with zero attached hydrogens (tertiary/aromatic N) is 1. The third-order valence-corrected chi connectivity index (χ3v) is 2.48. The smallest absolute Gasteiger partial charge is 0.219 e. The van der Waals surface area contributed by atoms with E-state index in [0.717, 1.165) is 13.1 Å². The third kappa shape index (κ3) is 2.19. The van der Waals surface area contributed by atoms with E-state index in [1.54, 1.807) is 0 Å². The number of hydrogen-bond acceptors (Lipinski definition) is 3. The second-order valence-electron chi connectivity index (χ2n) is 3.46. The Balaban J connectivity index is 2.50. The van der Waals surface area contributed by atoms with E-state index in [9.17, 15) is 4.79 Å². The van der Waals surface area contributed by atoms with Crippen molar-refractivity contribution in [3.8, 4) is 0 Å². The van der Waals surface area contributed by atoms with Gasteiger partial charge in [-0.15, -0.1) is 0 Å². The maximum absolute atomic E-state index is 10.7. The number of nitrogens with one attached hydrogen (secondary N) is 1. The monoisotopic (exact) mass is 171 g/mol. The molecule has 1 aliphatic rings. The van der Waals surface area contributed by atoms with E-state index in [0.29, 0.717) is 12.5 Å². The molecule has 0 radical (unpaired) electrons. The van der Waals surface area contributed by atoms with Crippen LogP contribution in [-0.2, 0) is 4.79 Å². The molecule has 1 amide bonds. The minimum Gasteiger partial charge on any atom is -0.370 e. The zero-order valence-electron chi connectivity index (χ0n) is 7.71. The van der Waals surface area contributed by atoms with Gasteiger partial charge >= 0.3 is 0 Å². The van der Waals surface area contributed by atoms with Crippen molar-refractivity contribution in [2.45, 2.75) is 25.4 Å². The van der Waals surface area contributed by atoms with Crippen molar-refractivity contribution < 1.29 is 4.79 Å². The summed E-state index contributed by atoms with van der Waals surface area (Å²) in [4.78, 5) is 12.9. The lowest BCUT2D eigenvalue weighted by Gasteiger charge is -2.37. The fourth-order valence-corrected chi connectivity index (χ4v) is 1.69. The van der Waals surface area contributed by atoms with Crippen molar-refractivity contribution in [2.75, 3.05) is 20.1 Å². The molecule has 2 atom stereocenters. The second kappa shape index (κ2) is 3.87. The molecule has 3 N–H and O–H groups in total. The maximum atomic E-state index is 10.7. The molecule has 1 fully saturated rings. The summed E-state index contributed by atoms with van der Waals surface area (Å²) in [6.07, 6.45) is 0.449. The molecule has 12 heavy (non-hydrogen) atoms. The number of hydrogen-bond donors (Lipinski definition) is 2. The molecule has 0 aromatic heterocycles. The molecule has 4 nitrogen and oxygen atoms in total. The van der Waals surface area contributed by atoms with E-state index in [1.165, 1.54) is 0 Å². The summed E-state index contributed by atoms with van der Waals surface area (Å²) < 4.78 is 0. The molecule has 0 aromatic rings. The van der Waals surface area contributed by atoms with Crippen LogP contribution in [0.25, 0.3) is 0 Å². The summed E-state index contributed by atoms with van der Waals surface area (Å²) in [6.45, 7) is 4.07. The molecule has 70 valence electrons. The van der Waals surface area contributed by atoms with E-state index in [2.05, 4.69) is 17.1 Å². The van der Waals surface area contributed by atoms with Gasteiger partial charge in [-0.05, 0) is 14.0 Å². The highest BCUT2D eigenvalue weighted by Gasteiger charge is 2.26. The number of carbonyl (C=O) groups excluding carboxylic acids is 1.